The van der Waals surface area contributed by atoms with Gasteiger partial charge in [-0.2, -0.15) is 0 Å². The molecule has 1 N–H and O–H groups in total. The maximum absolute atomic E-state index is 6.19. The highest BCUT2D eigenvalue weighted by atomic mass is 35.5. The van der Waals surface area contributed by atoms with E-state index in [9.17, 15) is 0 Å². The summed E-state index contributed by atoms with van der Waals surface area (Å²) < 4.78 is 5.31. The van der Waals surface area contributed by atoms with E-state index in [-0.39, 0.29) is 0 Å². The number of hydrogen-bond donors (Lipinski definition) is 1. The third kappa shape index (κ3) is 2.97. The predicted molar refractivity (Wildman–Crippen MR) is 81.8 cm³/mol. The monoisotopic (exact) mass is 311 g/mol. The molecule has 0 saturated heterocycles. The fourth-order valence-corrected chi connectivity index (χ4v) is 2.23. The van der Waals surface area contributed by atoms with Crippen molar-refractivity contribution < 1.29 is 4.74 Å². The summed E-state index contributed by atoms with van der Waals surface area (Å²) in [5, 5.41) is 12.2. The van der Waals surface area contributed by atoms with Crippen LogP contribution in [0.1, 0.15) is 16.7 Å². The number of methoxy groups -OCH3 is 1. The van der Waals surface area contributed by atoms with Gasteiger partial charge in [0, 0.05) is 17.1 Å². The van der Waals surface area contributed by atoms with E-state index in [1.165, 1.54) is 0 Å². The molecule has 0 aliphatic rings. The average Bonchev–Trinajstić information content (AvgIpc) is 2.45. The standard InChI is InChI=1S/C14H15Cl2N3O/c1-8-9(2)14(19-18-13(8)16)17-7-10-11(15)5-4-6-12(10)20-3/h4-6H,7H2,1-3H3,(H,17,19). The van der Waals surface area contributed by atoms with E-state index in [1.54, 1.807) is 7.11 Å². The molecule has 0 saturated carbocycles. The Morgan fingerprint density at radius 1 is 1.15 bits per heavy atom. The zero-order chi connectivity index (χ0) is 14.7. The van der Waals surface area contributed by atoms with Gasteiger partial charge in [-0.05, 0) is 37.1 Å². The van der Waals surface area contributed by atoms with E-state index in [1.807, 2.05) is 32.0 Å². The van der Waals surface area contributed by atoms with E-state index in [0.29, 0.717) is 22.5 Å². The van der Waals surface area contributed by atoms with Crippen molar-refractivity contribution in [3.8, 4) is 5.75 Å². The third-order valence-corrected chi connectivity index (χ3v) is 3.91. The van der Waals surface area contributed by atoms with Crippen LogP contribution in [0.3, 0.4) is 0 Å². The van der Waals surface area contributed by atoms with Gasteiger partial charge in [0.25, 0.3) is 0 Å². The molecular weight excluding hydrogens is 297 g/mol. The Bertz CT molecular complexity index is 632. The Hall–Kier alpha value is -1.52. The molecule has 6 heteroatoms. The summed E-state index contributed by atoms with van der Waals surface area (Å²) >= 11 is 12.1. The summed E-state index contributed by atoms with van der Waals surface area (Å²) in [6.07, 6.45) is 0. The molecule has 0 spiro atoms. The molecule has 1 aromatic heterocycles. The zero-order valence-corrected chi connectivity index (χ0v) is 13.0. The highest BCUT2D eigenvalue weighted by Gasteiger charge is 2.11. The Morgan fingerprint density at radius 3 is 2.60 bits per heavy atom. The van der Waals surface area contributed by atoms with Crippen LogP contribution in [-0.4, -0.2) is 17.3 Å². The van der Waals surface area contributed by atoms with Crippen LogP contribution in [0.5, 0.6) is 5.75 Å². The minimum Gasteiger partial charge on any atom is -0.496 e. The Balaban J connectivity index is 2.24. The summed E-state index contributed by atoms with van der Waals surface area (Å²) in [5.41, 5.74) is 2.76. The van der Waals surface area contributed by atoms with Crippen molar-refractivity contribution in [2.45, 2.75) is 20.4 Å². The second-order valence-corrected chi connectivity index (χ2v) is 5.13. The summed E-state index contributed by atoms with van der Waals surface area (Å²) in [7, 11) is 1.62. The first-order valence-electron chi connectivity index (χ1n) is 6.09. The van der Waals surface area contributed by atoms with Crippen LogP contribution >= 0.6 is 23.2 Å². The number of rotatable bonds is 4. The fraction of sp³-hybridized carbons (Fsp3) is 0.286. The Kier molecular flexibility index (Phi) is 4.68. The highest BCUT2D eigenvalue weighted by Crippen LogP contribution is 2.28. The maximum Gasteiger partial charge on any atom is 0.155 e. The molecule has 4 nitrogen and oxygen atoms in total. The van der Waals surface area contributed by atoms with E-state index in [4.69, 9.17) is 27.9 Å². The first kappa shape index (κ1) is 14.9. The van der Waals surface area contributed by atoms with E-state index >= 15 is 0 Å². The summed E-state index contributed by atoms with van der Waals surface area (Å²) in [6.45, 7) is 4.36. The number of nitrogens with one attached hydrogen (secondary N) is 1. The van der Waals surface area contributed by atoms with Crippen LogP contribution in [0.25, 0.3) is 0 Å². The lowest BCUT2D eigenvalue weighted by Crippen LogP contribution is -2.07. The number of benzene rings is 1. The molecule has 0 aliphatic carbocycles. The van der Waals surface area contributed by atoms with Gasteiger partial charge in [-0.1, -0.05) is 29.3 Å². The van der Waals surface area contributed by atoms with Crippen molar-refractivity contribution in [1.82, 2.24) is 10.2 Å². The number of aromatic nitrogens is 2. The number of halogens is 2. The summed E-state index contributed by atoms with van der Waals surface area (Å²) in [4.78, 5) is 0. The van der Waals surface area contributed by atoms with Crippen molar-refractivity contribution in [3.63, 3.8) is 0 Å². The molecular formula is C14H15Cl2N3O. The molecule has 0 atom stereocenters. The van der Waals surface area contributed by atoms with Gasteiger partial charge in [0.1, 0.15) is 5.75 Å². The molecule has 106 valence electrons. The quantitative estimate of drug-likeness (QED) is 0.926. The van der Waals surface area contributed by atoms with E-state index in [2.05, 4.69) is 15.5 Å². The van der Waals surface area contributed by atoms with Crippen LogP contribution in [0.4, 0.5) is 5.82 Å². The van der Waals surface area contributed by atoms with Gasteiger partial charge in [-0.25, -0.2) is 0 Å². The molecule has 1 heterocycles. The lowest BCUT2D eigenvalue weighted by atomic mass is 10.1. The van der Waals surface area contributed by atoms with Crippen molar-refractivity contribution in [2.75, 3.05) is 12.4 Å². The van der Waals surface area contributed by atoms with Crippen LogP contribution in [-0.2, 0) is 6.54 Å². The first-order valence-corrected chi connectivity index (χ1v) is 6.84. The summed E-state index contributed by atoms with van der Waals surface area (Å²) in [6, 6.07) is 5.55. The highest BCUT2D eigenvalue weighted by molar-refractivity contribution is 6.31. The third-order valence-electron chi connectivity index (χ3n) is 3.19. The molecule has 20 heavy (non-hydrogen) atoms. The van der Waals surface area contributed by atoms with Gasteiger partial charge in [-0.15, -0.1) is 10.2 Å². The predicted octanol–water partition coefficient (Wildman–Crippen LogP) is 4.02. The molecule has 0 amide bonds. The molecule has 0 bridgehead atoms. The SMILES string of the molecule is COc1cccc(Cl)c1CNc1nnc(Cl)c(C)c1C. The van der Waals surface area contributed by atoms with E-state index < -0.39 is 0 Å². The minimum atomic E-state index is 0.420. The Morgan fingerprint density at radius 2 is 1.90 bits per heavy atom. The average molecular weight is 312 g/mol. The second kappa shape index (κ2) is 6.29. The van der Waals surface area contributed by atoms with Gasteiger partial charge < -0.3 is 10.1 Å². The van der Waals surface area contributed by atoms with Gasteiger partial charge in [0.2, 0.25) is 0 Å². The van der Waals surface area contributed by atoms with Crippen molar-refractivity contribution in [1.29, 1.82) is 0 Å². The Labute approximate surface area is 128 Å². The van der Waals surface area contributed by atoms with Crippen molar-refractivity contribution >= 4 is 29.0 Å². The van der Waals surface area contributed by atoms with Crippen molar-refractivity contribution in [3.05, 3.63) is 45.1 Å². The van der Waals surface area contributed by atoms with Gasteiger partial charge >= 0.3 is 0 Å². The van der Waals surface area contributed by atoms with Crippen LogP contribution in [0.2, 0.25) is 10.2 Å². The summed E-state index contributed by atoms with van der Waals surface area (Å²) in [5.74, 6) is 1.43. The molecule has 2 aromatic rings. The van der Waals surface area contributed by atoms with Gasteiger partial charge in [0.15, 0.2) is 11.0 Å². The lowest BCUT2D eigenvalue weighted by Gasteiger charge is -2.13. The maximum atomic E-state index is 6.19. The molecule has 2 rings (SSSR count). The molecule has 0 fully saturated rings. The smallest absolute Gasteiger partial charge is 0.155 e. The number of ether oxygens (including phenoxy) is 1. The normalized spacial score (nSPS) is 10.4. The number of hydrogen-bond acceptors (Lipinski definition) is 4. The van der Waals surface area contributed by atoms with Gasteiger partial charge in [-0.3, -0.25) is 0 Å². The zero-order valence-electron chi connectivity index (χ0n) is 11.5. The molecule has 0 radical (unpaired) electrons. The van der Waals surface area contributed by atoms with Crippen LogP contribution in [0.15, 0.2) is 18.2 Å². The fourth-order valence-electron chi connectivity index (χ4n) is 1.82. The van der Waals surface area contributed by atoms with Crippen LogP contribution < -0.4 is 10.1 Å². The second-order valence-electron chi connectivity index (χ2n) is 4.36. The topological polar surface area (TPSA) is 47.0 Å². The first-order chi connectivity index (χ1) is 9.54. The molecule has 1 aromatic carbocycles. The number of anilines is 1. The van der Waals surface area contributed by atoms with E-state index in [0.717, 1.165) is 22.4 Å². The molecule has 0 aliphatic heterocycles. The number of nitrogens with zero attached hydrogens (tertiary/aromatic N) is 2. The van der Waals surface area contributed by atoms with Gasteiger partial charge in [0.05, 0.1) is 7.11 Å². The minimum absolute atomic E-state index is 0.420. The van der Waals surface area contributed by atoms with Crippen LogP contribution in [0, 0.1) is 13.8 Å². The van der Waals surface area contributed by atoms with Crippen molar-refractivity contribution in [2.24, 2.45) is 0 Å². The molecule has 0 unspecified atom stereocenters. The lowest BCUT2D eigenvalue weighted by molar-refractivity contribution is 0.410. The largest absolute Gasteiger partial charge is 0.496 e.